The number of nitrogens with one attached hydrogen (secondary N) is 2. The van der Waals surface area contributed by atoms with Gasteiger partial charge in [-0.25, -0.2) is 4.39 Å². The smallest absolute Gasteiger partial charge is 0.234 e. The summed E-state index contributed by atoms with van der Waals surface area (Å²) in [6.45, 7) is 1.70. The maximum Gasteiger partial charge on any atom is 0.234 e. The monoisotopic (exact) mass is 369 g/mol. The van der Waals surface area contributed by atoms with Crippen molar-refractivity contribution in [2.24, 2.45) is 5.92 Å². The number of likely N-dealkylation sites (tertiary alicyclic amines) is 1. The molecule has 2 amide bonds. The number of carbonyl (C=O) groups excluding carboxylic acids is 2. The van der Waals surface area contributed by atoms with Gasteiger partial charge in [-0.3, -0.25) is 14.5 Å². The molecule has 2 aromatic carbocycles. The Balaban J connectivity index is 1.47. The van der Waals surface area contributed by atoms with Crippen molar-refractivity contribution < 1.29 is 14.0 Å². The second kappa shape index (κ2) is 9.28. The molecule has 1 atom stereocenters. The normalized spacial score (nSPS) is 17.3. The molecule has 1 heterocycles. The molecule has 0 bridgehead atoms. The first kappa shape index (κ1) is 19.0. The highest BCUT2D eigenvalue weighted by Crippen LogP contribution is 2.18. The highest BCUT2D eigenvalue weighted by molar-refractivity contribution is 5.92. The van der Waals surface area contributed by atoms with Crippen LogP contribution in [0.5, 0.6) is 0 Å². The molecule has 0 aromatic heterocycles. The number of rotatable bonds is 6. The van der Waals surface area contributed by atoms with Crippen LogP contribution in [-0.4, -0.2) is 36.3 Å². The van der Waals surface area contributed by atoms with E-state index in [1.807, 2.05) is 35.2 Å². The van der Waals surface area contributed by atoms with Crippen LogP contribution in [0, 0.1) is 11.7 Å². The summed E-state index contributed by atoms with van der Waals surface area (Å²) in [6, 6.07) is 15.8. The third kappa shape index (κ3) is 5.62. The topological polar surface area (TPSA) is 61.4 Å². The first-order chi connectivity index (χ1) is 13.1. The third-order valence-electron chi connectivity index (χ3n) is 4.72. The minimum absolute atomic E-state index is 0.0161. The van der Waals surface area contributed by atoms with E-state index in [0.717, 1.165) is 25.1 Å². The van der Waals surface area contributed by atoms with Gasteiger partial charge in [-0.1, -0.05) is 36.4 Å². The minimum Gasteiger partial charge on any atom is -0.351 e. The molecule has 6 heteroatoms. The van der Waals surface area contributed by atoms with Crippen LogP contribution in [-0.2, 0) is 16.1 Å². The van der Waals surface area contributed by atoms with E-state index < -0.39 is 0 Å². The fraction of sp³-hybridized carbons (Fsp3) is 0.333. The van der Waals surface area contributed by atoms with Crippen molar-refractivity contribution >= 4 is 17.5 Å². The number of para-hydroxylation sites is 1. The Bertz CT molecular complexity index is 782. The number of carbonyl (C=O) groups is 2. The van der Waals surface area contributed by atoms with E-state index in [0.29, 0.717) is 12.1 Å². The summed E-state index contributed by atoms with van der Waals surface area (Å²) in [7, 11) is 0. The maximum absolute atomic E-state index is 13.6. The Hall–Kier alpha value is -2.73. The van der Waals surface area contributed by atoms with Gasteiger partial charge in [0.25, 0.3) is 0 Å². The van der Waals surface area contributed by atoms with Gasteiger partial charge in [0.15, 0.2) is 0 Å². The van der Waals surface area contributed by atoms with E-state index in [-0.39, 0.29) is 36.6 Å². The number of amides is 2. The Morgan fingerprint density at radius 3 is 2.59 bits per heavy atom. The molecule has 5 nitrogen and oxygen atoms in total. The fourth-order valence-electron chi connectivity index (χ4n) is 3.27. The van der Waals surface area contributed by atoms with Gasteiger partial charge in [-0.2, -0.15) is 0 Å². The van der Waals surface area contributed by atoms with Crippen LogP contribution in [0.4, 0.5) is 10.1 Å². The number of benzene rings is 2. The molecule has 0 aliphatic carbocycles. The first-order valence-corrected chi connectivity index (χ1v) is 9.20. The highest BCUT2D eigenvalue weighted by atomic mass is 19.1. The lowest BCUT2D eigenvalue weighted by atomic mass is 9.97. The van der Waals surface area contributed by atoms with Gasteiger partial charge in [0.1, 0.15) is 5.82 Å². The van der Waals surface area contributed by atoms with Gasteiger partial charge < -0.3 is 10.6 Å². The molecule has 1 aliphatic heterocycles. The van der Waals surface area contributed by atoms with Crippen LogP contribution in [0.2, 0.25) is 0 Å². The standard InChI is InChI=1S/C21H24FN3O2/c22-19-11-5-4-7-16(19)13-23-20(26)15-25-12-6-8-17(14-25)21(27)24-18-9-2-1-3-10-18/h1-5,7,9-11,17H,6,8,12-15H2,(H,23,26)(H,24,27)/t17-/m0/s1. The quantitative estimate of drug-likeness (QED) is 0.823. The zero-order valence-electron chi connectivity index (χ0n) is 15.2. The lowest BCUT2D eigenvalue weighted by Gasteiger charge is -2.31. The van der Waals surface area contributed by atoms with Crippen LogP contribution in [0.3, 0.4) is 0 Å². The van der Waals surface area contributed by atoms with E-state index >= 15 is 0 Å². The Morgan fingerprint density at radius 1 is 1.07 bits per heavy atom. The van der Waals surface area contributed by atoms with E-state index in [2.05, 4.69) is 10.6 Å². The van der Waals surface area contributed by atoms with E-state index in [1.165, 1.54) is 6.07 Å². The van der Waals surface area contributed by atoms with Crippen molar-refractivity contribution in [1.29, 1.82) is 0 Å². The Morgan fingerprint density at radius 2 is 1.81 bits per heavy atom. The molecule has 3 rings (SSSR count). The van der Waals surface area contributed by atoms with Crippen molar-refractivity contribution in [3.63, 3.8) is 0 Å². The zero-order chi connectivity index (χ0) is 19.1. The van der Waals surface area contributed by atoms with Gasteiger partial charge in [0, 0.05) is 24.3 Å². The number of halogens is 1. The molecular weight excluding hydrogens is 345 g/mol. The van der Waals surface area contributed by atoms with Crippen molar-refractivity contribution in [3.05, 3.63) is 66.0 Å². The average Bonchev–Trinajstić information content (AvgIpc) is 2.68. The molecule has 142 valence electrons. The molecule has 27 heavy (non-hydrogen) atoms. The molecule has 1 fully saturated rings. The fourth-order valence-corrected chi connectivity index (χ4v) is 3.27. The lowest BCUT2D eigenvalue weighted by molar-refractivity contribution is -0.125. The van der Waals surface area contributed by atoms with E-state index in [1.54, 1.807) is 18.2 Å². The molecule has 1 saturated heterocycles. The van der Waals surface area contributed by atoms with Gasteiger partial charge in [0.05, 0.1) is 12.5 Å². The van der Waals surface area contributed by atoms with Crippen LogP contribution in [0.1, 0.15) is 18.4 Å². The van der Waals surface area contributed by atoms with Crippen molar-refractivity contribution in [2.45, 2.75) is 19.4 Å². The Labute approximate surface area is 158 Å². The van der Waals surface area contributed by atoms with Crippen molar-refractivity contribution in [2.75, 3.05) is 25.0 Å². The number of piperidine rings is 1. The number of hydrogen-bond acceptors (Lipinski definition) is 3. The third-order valence-corrected chi connectivity index (χ3v) is 4.72. The van der Waals surface area contributed by atoms with Gasteiger partial charge in [-0.05, 0) is 37.6 Å². The van der Waals surface area contributed by atoms with E-state index in [4.69, 9.17) is 0 Å². The SMILES string of the molecule is O=C(CN1CCC[C@H](C(=O)Nc2ccccc2)C1)NCc1ccccc1F. The number of hydrogen-bond donors (Lipinski definition) is 2. The molecule has 0 spiro atoms. The number of nitrogens with zero attached hydrogens (tertiary/aromatic N) is 1. The van der Waals surface area contributed by atoms with E-state index in [9.17, 15) is 14.0 Å². The average molecular weight is 369 g/mol. The molecule has 2 aromatic rings. The molecule has 0 radical (unpaired) electrons. The van der Waals surface area contributed by atoms with Gasteiger partial charge >= 0.3 is 0 Å². The molecule has 0 unspecified atom stereocenters. The van der Waals surface area contributed by atoms with Crippen LogP contribution in [0.25, 0.3) is 0 Å². The second-order valence-corrected chi connectivity index (χ2v) is 6.80. The summed E-state index contributed by atoms with van der Waals surface area (Å²) < 4.78 is 13.6. The molecule has 2 N–H and O–H groups in total. The van der Waals surface area contributed by atoms with Gasteiger partial charge in [0.2, 0.25) is 11.8 Å². The predicted molar refractivity (Wildman–Crippen MR) is 102 cm³/mol. The van der Waals surface area contributed by atoms with Crippen LogP contribution in [0.15, 0.2) is 54.6 Å². The summed E-state index contributed by atoms with van der Waals surface area (Å²) in [5.41, 5.74) is 1.24. The molecule has 0 saturated carbocycles. The predicted octanol–water partition coefficient (Wildman–Crippen LogP) is 2.79. The minimum atomic E-state index is -0.326. The second-order valence-electron chi connectivity index (χ2n) is 6.80. The Kier molecular flexibility index (Phi) is 6.54. The molecular formula is C21H24FN3O2. The van der Waals surface area contributed by atoms with Gasteiger partial charge in [-0.15, -0.1) is 0 Å². The largest absolute Gasteiger partial charge is 0.351 e. The zero-order valence-corrected chi connectivity index (χ0v) is 15.2. The van der Waals surface area contributed by atoms with Crippen molar-refractivity contribution in [3.8, 4) is 0 Å². The number of anilines is 1. The lowest BCUT2D eigenvalue weighted by Crippen LogP contribution is -2.45. The maximum atomic E-state index is 13.6. The highest BCUT2D eigenvalue weighted by Gasteiger charge is 2.26. The molecule has 1 aliphatic rings. The summed E-state index contributed by atoms with van der Waals surface area (Å²) in [4.78, 5) is 26.6. The summed E-state index contributed by atoms with van der Waals surface area (Å²) in [6.07, 6.45) is 1.68. The summed E-state index contributed by atoms with van der Waals surface area (Å²) in [5, 5.41) is 5.68. The van der Waals surface area contributed by atoms with Crippen molar-refractivity contribution in [1.82, 2.24) is 10.2 Å². The summed E-state index contributed by atoms with van der Waals surface area (Å²) in [5.74, 6) is -0.647. The van der Waals surface area contributed by atoms with Crippen LogP contribution >= 0.6 is 0 Å². The summed E-state index contributed by atoms with van der Waals surface area (Å²) >= 11 is 0. The first-order valence-electron chi connectivity index (χ1n) is 9.20. The van der Waals surface area contributed by atoms with Crippen LogP contribution < -0.4 is 10.6 Å².